The van der Waals surface area contributed by atoms with Crippen LogP contribution < -0.4 is 0 Å². The molecular weight excluding hydrogens is 250 g/mol. The summed E-state index contributed by atoms with van der Waals surface area (Å²) in [5.74, 6) is 0.483. The zero-order valence-electron chi connectivity index (χ0n) is 11.8. The summed E-state index contributed by atoms with van der Waals surface area (Å²) in [6.07, 6.45) is 4.73. The minimum absolute atomic E-state index is 0.0814. The molecule has 0 aliphatic heterocycles. The van der Waals surface area contributed by atoms with Crippen molar-refractivity contribution in [3.63, 3.8) is 0 Å². The molecule has 0 spiro atoms. The molecule has 1 rings (SSSR count). The van der Waals surface area contributed by atoms with E-state index in [1.54, 1.807) is 0 Å². The topological polar surface area (TPSA) is 26.3 Å². The second-order valence-corrected chi connectivity index (χ2v) is 5.93. The van der Waals surface area contributed by atoms with Gasteiger partial charge in [0.2, 0.25) is 6.10 Å². The maximum Gasteiger partial charge on any atom is 0.311 e. The predicted molar refractivity (Wildman–Crippen MR) is 69.5 cm³/mol. The van der Waals surface area contributed by atoms with Crippen LogP contribution >= 0.6 is 0 Å². The molecule has 0 N–H and O–H groups in total. The molecule has 1 saturated carbocycles. The van der Waals surface area contributed by atoms with Crippen molar-refractivity contribution >= 4 is 5.97 Å². The molecule has 0 heterocycles. The third-order valence-electron chi connectivity index (χ3n) is 4.34. The Balaban J connectivity index is 2.70. The lowest BCUT2D eigenvalue weighted by atomic mass is 10.0. The molecular formula is C15H20F2O2. The van der Waals surface area contributed by atoms with Crippen LogP contribution in [0.25, 0.3) is 0 Å². The molecule has 1 fully saturated rings. The maximum atomic E-state index is 13.6. The van der Waals surface area contributed by atoms with Crippen molar-refractivity contribution in [3.8, 4) is 12.3 Å². The molecule has 4 heteroatoms. The van der Waals surface area contributed by atoms with Crippen molar-refractivity contribution in [2.45, 2.75) is 40.2 Å². The first kappa shape index (κ1) is 15.7. The third kappa shape index (κ3) is 2.80. The first-order valence-corrected chi connectivity index (χ1v) is 6.28. The summed E-state index contributed by atoms with van der Waals surface area (Å²) in [7, 11) is 0. The zero-order chi connectivity index (χ0) is 14.8. The van der Waals surface area contributed by atoms with E-state index in [4.69, 9.17) is 11.2 Å². The fourth-order valence-corrected chi connectivity index (χ4v) is 2.44. The number of terminal acetylenes is 1. The molecule has 2 nitrogen and oxygen atoms in total. The van der Waals surface area contributed by atoms with Crippen LogP contribution in [0, 0.1) is 29.1 Å². The summed E-state index contributed by atoms with van der Waals surface area (Å²) in [5, 5.41) is 0. The van der Waals surface area contributed by atoms with E-state index in [1.807, 2.05) is 27.7 Å². The molecule has 0 aromatic rings. The number of carbonyl (C=O) groups excluding carboxylic acids is 1. The van der Waals surface area contributed by atoms with Gasteiger partial charge in [-0.3, -0.25) is 9.18 Å². The highest BCUT2D eigenvalue weighted by Crippen LogP contribution is 2.68. The number of esters is 1. The molecule has 1 atom stereocenters. The standard InChI is InChI=1S/C15H20F2O2/c1-6-11(10(17)8-7-9-16)19-13(18)12-14(2,3)15(12,4)5/h1,8,11-12H,7,9H2,2-5H3. The first-order valence-electron chi connectivity index (χ1n) is 6.28. The van der Waals surface area contributed by atoms with Crippen molar-refractivity contribution in [2.75, 3.05) is 6.67 Å². The van der Waals surface area contributed by atoms with Crippen molar-refractivity contribution in [3.05, 3.63) is 11.9 Å². The molecule has 1 aliphatic rings. The van der Waals surface area contributed by atoms with Crippen molar-refractivity contribution in [1.82, 2.24) is 0 Å². The van der Waals surface area contributed by atoms with Crippen LogP contribution in [-0.4, -0.2) is 18.7 Å². The quantitative estimate of drug-likeness (QED) is 0.565. The van der Waals surface area contributed by atoms with E-state index in [0.29, 0.717) is 0 Å². The van der Waals surface area contributed by atoms with Gasteiger partial charge >= 0.3 is 5.97 Å². The van der Waals surface area contributed by atoms with E-state index in [0.717, 1.165) is 6.08 Å². The molecule has 0 bridgehead atoms. The van der Waals surface area contributed by atoms with E-state index in [-0.39, 0.29) is 23.2 Å². The molecule has 0 saturated heterocycles. The molecule has 106 valence electrons. The van der Waals surface area contributed by atoms with Crippen LogP contribution in [0.3, 0.4) is 0 Å². The monoisotopic (exact) mass is 270 g/mol. The van der Waals surface area contributed by atoms with E-state index in [9.17, 15) is 13.6 Å². The van der Waals surface area contributed by atoms with Crippen LogP contribution in [0.15, 0.2) is 11.9 Å². The normalized spacial score (nSPS) is 22.5. The molecule has 0 aromatic heterocycles. The number of alkyl halides is 1. The van der Waals surface area contributed by atoms with Crippen molar-refractivity contribution in [2.24, 2.45) is 16.7 Å². The molecule has 1 unspecified atom stereocenters. The van der Waals surface area contributed by atoms with Gasteiger partial charge in [-0.05, 0) is 23.3 Å². The number of hydrogen-bond donors (Lipinski definition) is 0. The Kier molecular flexibility index (Phi) is 4.39. The van der Waals surface area contributed by atoms with Gasteiger partial charge in [-0.25, -0.2) is 4.39 Å². The summed E-state index contributed by atoms with van der Waals surface area (Å²) in [4.78, 5) is 12.0. The summed E-state index contributed by atoms with van der Waals surface area (Å²) in [5.41, 5.74) is -0.384. The fourth-order valence-electron chi connectivity index (χ4n) is 2.44. The van der Waals surface area contributed by atoms with Crippen LogP contribution in [0.5, 0.6) is 0 Å². The average molecular weight is 270 g/mol. The summed E-state index contributed by atoms with van der Waals surface area (Å²) in [6, 6.07) is 0. The van der Waals surface area contributed by atoms with Crippen LogP contribution in [-0.2, 0) is 9.53 Å². The van der Waals surface area contributed by atoms with Gasteiger partial charge in [0.05, 0.1) is 12.6 Å². The number of halogens is 2. The van der Waals surface area contributed by atoms with Gasteiger partial charge in [-0.15, -0.1) is 6.42 Å². The summed E-state index contributed by atoms with van der Waals surface area (Å²) < 4.78 is 30.5. The highest BCUT2D eigenvalue weighted by Gasteiger charge is 2.69. The van der Waals surface area contributed by atoms with Gasteiger partial charge in [0.15, 0.2) is 0 Å². The van der Waals surface area contributed by atoms with Gasteiger partial charge in [-0.2, -0.15) is 0 Å². The SMILES string of the molecule is C#CC(OC(=O)C1C(C)(C)C1(C)C)C(F)=CCCF. The lowest BCUT2D eigenvalue weighted by Crippen LogP contribution is -2.20. The van der Waals surface area contributed by atoms with Crippen molar-refractivity contribution < 1.29 is 18.3 Å². The lowest BCUT2D eigenvalue weighted by Gasteiger charge is -2.11. The van der Waals surface area contributed by atoms with Gasteiger partial charge in [-0.1, -0.05) is 33.6 Å². The Hall–Kier alpha value is -1.37. The minimum Gasteiger partial charge on any atom is -0.441 e. The number of rotatable bonds is 5. The van der Waals surface area contributed by atoms with Gasteiger partial charge in [0.1, 0.15) is 5.83 Å². The molecule has 19 heavy (non-hydrogen) atoms. The van der Waals surface area contributed by atoms with E-state index in [2.05, 4.69) is 5.92 Å². The Morgan fingerprint density at radius 2 is 1.95 bits per heavy atom. The largest absolute Gasteiger partial charge is 0.441 e. The molecule has 0 radical (unpaired) electrons. The Morgan fingerprint density at radius 1 is 1.42 bits per heavy atom. The highest BCUT2D eigenvalue weighted by molar-refractivity contribution is 5.79. The molecule has 0 aromatic carbocycles. The number of allylic oxidation sites excluding steroid dienone is 1. The molecule has 0 amide bonds. The van der Waals surface area contributed by atoms with Gasteiger partial charge in [0.25, 0.3) is 0 Å². The lowest BCUT2D eigenvalue weighted by molar-refractivity contribution is -0.148. The number of ether oxygens (including phenoxy) is 1. The van der Waals surface area contributed by atoms with Crippen LogP contribution in [0.1, 0.15) is 34.1 Å². The van der Waals surface area contributed by atoms with Gasteiger partial charge in [0, 0.05) is 0 Å². The third-order valence-corrected chi connectivity index (χ3v) is 4.34. The summed E-state index contributed by atoms with van der Waals surface area (Å²) >= 11 is 0. The van der Waals surface area contributed by atoms with Gasteiger partial charge < -0.3 is 4.74 Å². The predicted octanol–water partition coefficient (Wildman–Crippen LogP) is 3.43. The van der Waals surface area contributed by atoms with E-state index < -0.39 is 24.6 Å². The fraction of sp³-hybridized carbons (Fsp3) is 0.667. The number of carbonyl (C=O) groups is 1. The average Bonchev–Trinajstić information content (AvgIpc) is 2.73. The smallest absolute Gasteiger partial charge is 0.311 e. The first-order chi connectivity index (χ1) is 8.70. The highest BCUT2D eigenvalue weighted by atomic mass is 19.1. The Bertz CT molecular complexity index is 416. The van der Waals surface area contributed by atoms with E-state index in [1.165, 1.54) is 0 Å². The summed E-state index contributed by atoms with van der Waals surface area (Å²) in [6.45, 7) is 7.15. The molecule has 1 aliphatic carbocycles. The zero-order valence-corrected chi connectivity index (χ0v) is 11.8. The van der Waals surface area contributed by atoms with Crippen molar-refractivity contribution in [1.29, 1.82) is 0 Å². The Labute approximate surface area is 113 Å². The van der Waals surface area contributed by atoms with E-state index >= 15 is 0 Å². The van der Waals surface area contributed by atoms with Crippen LogP contribution in [0.2, 0.25) is 0 Å². The van der Waals surface area contributed by atoms with Crippen LogP contribution in [0.4, 0.5) is 8.78 Å². The maximum absolute atomic E-state index is 13.6. The second-order valence-electron chi connectivity index (χ2n) is 5.93. The Morgan fingerprint density at radius 3 is 2.32 bits per heavy atom. The minimum atomic E-state index is -1.36. The number of hydrogen-bond acceptors (Lipinski definition) is 2. The second kappa shape index (κ2) is 5.32.